The molecule has 1 nitrogen and oxygen atoms in total. The summed E-state index contributed by atoms with van der Waals surface area (Å²) >= 11 is 1.97. The maximum absolute atomic E-state index is 2.45. The van der Waals surface area contributed by atoms with Crippen LogP contribution in [0.25, 0.3) is 0 Å². The van der Waals surface area contributed by atoms with Crippen molar-refractivity contribution in [1.82, 2.24) is 4.31 Å². The van der Waals surface area contributed by atoms with Gasteiger partial charge in [-0.15, -0.1) is 0 Å². The minimum atomic E-state index is -0.771. The van der Waals surface area contributed by atoms with E-state index >= 15 is 0 Å². The van der Waals surface area contributed by atoms with Gasteiger partial charge in [-0.3, -0.25) is 4.31 Å². The van der Waals surface area contributed by atoms with E-state index in [1.54, 1.807) is 0 Å². The second kappa shape index (κ2) is 6.05. The van der Waals surface area contributed by atoms with Crippen molar-refractivity contribution >= 4 is 20.0 Å². The molecule has 0 amide bonds. The highest BCUT2D eigenvalue weighted by atomic mass is 32.2. The van der Waals surface area contributed by atoms with Crippen LogP contribution in [0.15, 0.2) is 0 Å². The van der Waals surface area contributed by atoms with Crippen LogP contribution in [-0.4, -0.2) is 31.7 Å². The van der Waals surface area contributed by atoms with Gasteiger partial charge < -0.3 is 0 Å². The van der Waals surface area contributed by atoms with Crippen molar-refractivity contribution in [2.45, 2.75) is 39.0 Å². The lowest BCUT2D eigenvalue weighted by molar-refractivity contribution is 0.601. The molecule has 0 saturated heterocycles. The number of rotatable bonds is 6. The Hall–Kier alpha value is 0.527. The van der Waals surface area contributed by atoms with Crippen LogP contribution in [0.5, 0.6) is 0 Å². The third-order valence-electron chi connectivity index (χ3n) is 1.83. The first-order valence-electron chi connectivity index (χ1n) is 4.80. The summed E-state index contributed by atoms with van der Waals surface area (Å²) in [5, 5.41) is 0. The lowest BCUT2D eigenvalue weighted by atomic mass is 10.6. The van der Waals surface area contributed by atoms with E-state index in [1.165, 1.54) is 18.2 Å². The fourth-order valence-electron chi connectivity index (χ4n) is 0.914. The van der Waals surface area contributed by atoms with E-state index in [1.807, 2.05) is 11.9 Å². The summed E-state index contributed by atoms with van der Waals surface area (Å²) in [7, 11) is 1.39. The van der Waals surface area contributed by atoms with Crippen LogP contribution in [-0.2, 0) is 0 Å². The molecule has 0 spiro atoms. The molecule has 0 unspecified atom stereocenters. The molecule has 0 aliphatic heterocycles. The van der Waals surface area contributed by atoms with Crippen molar-refractivity contribution in [3.05, 3.63) is 0 Å². The van der Waals surface area contributed by atoms with Crippen molar-refractivity contribution in [3.8, 4) is 0 Å². The minimum Gasteiger partial charge on any atom is -0.254 e. The van der Waals surface area contributed by atoms with Gasteiger partial charge in [0.15, 0.2) is 0 Å². The van der Waals surface area contributed by atoms with Gasteiger partial charge in [0.1, 0.15) is 0 Å². The van der Waals surface area contributed by atoms with E-state index in [4.69, 9.17) is 0 Å². The van der Waals surface area contributed by atoms with Gasteiger partial charge in [0, 0.05) is 20.4 Å². The molecule has 0 saturated carbocycles. The molecule has 0 atom stereocenters. The number of nitrogens with zero attached hydrogens (tertiary/aromatic N) is 1. The van der Waals surface area contributed by atoms with Crippen LogP contribution in [0, 0.1) is 0 Å². The van der Waals surface area contributed by atoms with Gasteiger partial charge in [-0.25, -0.2) is 0 Å². The van der Waals surface area contributed by atoms with E-state index in [0.717, 1.165) is 6.54 Å². The SMILES string of the molecule is CCN(C)SCCC[Si](C)(C)C. The van der Waals surface area contributed by atoms with E-state index < -0.39 is 8.07 Å². The van der Waals surface area contributed by atoms with Crippen molar-refractivity contribution < 1.29 is 0 Å². The Morgan fingerprint density at radius 2 is 1.83 bits per heavy atom. The fourth-order valence-corrected chi connectivity index (χ4v) is 3.18. The molecule has 0 aliphatic rings. The maximum Gasteiger partial charge on any atom is 0.0442 e. The molecule has 0 aromatic rings. The molecule has 0 bridgehead atoms. The van der Waals surface area contributed by atoms with E-state index in [-0.39, 0.29) is 0 Å². The summed E-state index contributed by atoms with van der Waals surface area (Å²) in [4.78, 5) is 0. The van der Waals surface area contributed by atoms with Crippen molar-refractivity contribution in [2.75, 3.05) is 19.3 Å². The van der Waals surface area contributed by atoms with Gasteiger partial charge in [-0.05, 0) is 13.5 Å². The summed E-state index contributed by atoms with van der Waals surface area (Å²) in [6.07, 6.45) is 1.39. The first-order chi connectivity index (χ1) is 5.45. The van der Waals surface area contributed by atoms with Crippen molar-refractivity contribution in [2.24, 2.45) is 0 Å². The zero-order valence-electron chi connectivity index (χ0n) is 9.18. The summed E-state index contributed by atoms with van der Waals surface area (Å²) in [5.74, 6) is 1.30. The summed E-state index contributed by atoms with van der Waals surface area (Å²) in [6.45, 7) is 10.7. The van der Waals surface area contributed by atoms with Gasteiger partial charge in [0.2, 0.25) is 0 Å². The largest absolute Gasteiger partial charge is 0.254 e. The first-order valence-corrected chi connectivity index (χ1v) is 9.44. The quantitative estimate of drug-likeness (QED) is 0.372. The molecular formula is C9H23NSSi. The Labute approximate surface area is 83.1 Å². The molecule has 3 heteroatoms. The molecule has 0 rings (SSSR count). The minimum absolute atomic E-state index is 0.771. The average molecular weight is 205 g/mol. The van der Waals surface area contributed by atoms with Gasteiger partial charge in [-0.2, -0.15) is 0 Å². The van der Waals surface area contributed by atoms with Crippen molar-refractivity contribution in [3.63, 3.8) is 0 Å². The fraction of sp³-hybridized carbons (Fsp3) is 1.00. The molecule has 0 aromatic heterocycles. The van der Waals surface area contributed by atoms with Gasteiger partial charge in [0.25, 0.3) is 0 Å². The van der Waals surface area contributed by atoms with Crippen LogP contribution in [0.1, 0.15) is 13.3 Å². The highest BCUT2D eigenvalue weighted by Gasteiger charge is 2.11. The van der Waals surface area contributed by atoms with Gasteiger partial charge >= 0.3 is 0 Å². The molecule has 0 aromatic carbocycles. The maximum atomic E-state index is 2.45. The molecule has 0 radical (unpaired) electrons. The third kappa shape index (κ3) is 8.62. The molecular weight excluding hydrogens is 182 g/mol. The average Bonchev–Trinajstić information content (AvgIpc) is 1.96. The normalized spacial score (nSPS) is 12.5. The van der Waals surface area contributed by atoms with Gasteiger partial charge in [0.05, 0.1) is 0 Å². The smallest absolute Gasteiger partial charge is 0.0442 e. The monoisotopic (exact) mass is 205 g/mol. The zero-order valence-corrected chi connectivity index (χ0v) is 11.0. The van der Waals surface area contributed by atoms with E-state index in [0.29, 0.717) is 0 Å². The molecule has 0 aliphatic carbocycles. The zero-order chi connectivity index (χ0) is 9.61. The molecule has 0 heterocycles. The molecule has 74 valence electrons. The summed E-state index contributed by atoms with van der Waals surface area (Å²) in [6, 6.07) is 1.47. The highest BCUT2D eigenvalue weighted by Crippen LogP contribution is 2.15. The number of hydrogen-bond acceptors (Lipinski definition) is 2. The molecule has 0 N–H and O–H groups in total. The van der Waals surface area contributed by atoms with Crippen LogP contribution in [0.3, 0.4) is 0 Å². The Kier molecular flexibility index (Phi) is 6.32. The lowest BCUT2D eigenvalue weighted by Gasteiger charge is -2.17. The number of hydrogen-bond donors (Lipinski definition) is 0. The standard InChI is InChI=1S/C9H23NSSi/c1-6-10(2)11-8-7-9-12(3,4)5/h6-9H2,1-5H3. The van der Waals surface area contributed by atoms with E-state index in [9.17, 15) is 0 Å². The molecule has 0 fully saturated rings. The second-order valence-electron chi connectivity index (χ2n) is 4.44. The van der Waals surface area contributed by atoms with Gasteiger partial charge in [-0.1, -0.05) is 44.6 Å². The topological polar surface area (TPSA) is 3.24 Å². The molecule has 12 heavy (non-hydrogen) atoms. The Bertz CT molecular complexity index is 112. The lowest BCUT2D eigenvalue weighted by Crippen LogP contribution is -2.19. The second-order valence-corrected chi connectivity index (χ2v) is 11.4. The first kappa shape index (κ1) is 12.5. The predicted molar refractivity (Wildman–Crippen MR) is 63.5 cm³/mol. The van der Waals surface area contributed by atoms with E-state index in [2.05, 4.69) is 37.9 Å². The Morgan fingerprint density at radius 3 is 2.25 bits per heavy atom. The summed E-state index contributed by atoms with van der Waals surface area (Å²) < 4.78 is 2.31. The third-order valence-corrected chi connectivity index (χ3v) is 4.85. The predicted octanol–water partition coefficient (Wildman–Crippen LogP) is 3.31. The Balaban J connectivity index is 3.22. The van der Waals surface area contributed by atoms with Crippen LogP contribution >= 0.6 is 11.9 Å². The van der Waals surface area contributed by atoms with Crippen LogP contribution in [0.2, 0.25) is 25.7 Å². The van der Waals surface area contributed by atoms with Crippen LogP contribution < -0.4 is 0 Å². The Morgan fingerprint density at radius 1 is 1.25 bits per heavy atom. The summed E-state index contributed by atoms with van der Waals surface area (Å²) in [5.41, 5.74) is 0. The van der Waals surface area contributed by atoms with Crippen LogP contribution in [0.4, 0.5) is 0 Å². The van der Waals surface area contributed by atoms with Crippen molar-refractivity contribution in [1.29, 1.82) is 0 Å². The highest BCUT2D eigenvalue weighted by molar-refractivity contribution is 7.96.